The van der Waals surface area contributed by atoms with Crippen molar-refractivity contribution in [2.45, 2.75) is 6.92 Å². The molecule has 0 atom stereocenters. The Morgan fingerprint density at radius 3 is 2.78 bits per heavy atom. The number of ether oxygens (including phenoxy) is 1. The van der Waals surface area contributed by atoms with Gasteiger partial charge in [0.15, 0.2) is 11.4 Å². The fourth-order valence-electron chi connectivity index (χ4n) is 2.44. The van der Waals surface area contributed by atoms with Gasteiger partial charge in [-0.2, -0.15) is 0 Å². The Bertz CT molecular complexity index is 1050. The molecule has 0 aliphatic heterocycles. The molecular weight excluding hydrogens is 370 g/mol. The summed E-state index contributed by atoms with van der Waals surface area (Å²) in [5, 5.41) is 22.8. The van der Waals surface area contributed by atoms with Crippen molar-refractivity contribution >= 4 is 28.4 Å². The van der Waals surface area contributed by atoms with E-state index >= 15 is 0 Å². The number of rotatable bonds is 5. The molecule has 0 bridgehead atoms. The van der Waals surface area contributed by atoms with Crippen LogP contribution < -0.4 is 10.1 Å². The number of pyridine rings is 2. The van der Waals surface area contributed by atoms with Gasteiger partial charge in [-0.05, 0) is 31.2 Å². The van der Waals surface area contributed by atoms with Crippen LogP contribution in [-0.4, -0.2) is 32.6 Å². The molecule has 2 heterocycles. The highest BCUT2D eigenvalue weighted by molar-refractivity contribution is 6.30. The highest BCUT2D eigenvalue weighted by Gasteiger charge is 2.19. The molecule has 0 saturated heterocycles. The molecule has 0 saturated carbocycles. The topological polar surface area (TPSA) is 105 Å². The molecule has 0 aliphatic rings. The van der Waals surface area contributed by atoms with Crippen molar-refractivity contribution < 1.29 is 19.7 Å². The monoisotopic (exact) mass is 385 g/mol. The minimum absolute atomic E-state index is 0.137. The van der Waals surface area contributed by atoms with Crippen LogP contribution >= 0.6 is 11.6 Å². The normalized spacial score (nSPS) is 10.6. The minimum Gasteiger partial charge on any atom is -0.511 e. The van der Waals surface area contributed by atoms with Crippen LogP contribution in [0.4, 0.5) is 0 Å². The van der Waals surface area contributed by atoms with Gasteiger partial charge in [-0.1, -0.05) is 24.2 Å². The fourth-order valence-corrected chi connectivity index (χ4v) is 2.62. The van der Waals surface area contributed by atoms with Gasteiger partial charge in [0.1, 0.15) is 11.5 Å². The molecule has 8 heteroatoms. The molecule has 27 heavy (non-hydrogen) atoms. The molecule has 7 nitrogen and oxygen atoms in total. The Hall–Kier alpha value is -3.32. The summed E-state index contributed by atoms with van der Waals surface area (Å²) in [6.45, 7) is 4.82. The summed E-state index contributed by atoms with van der Waals surface area (Å²) in [7, 11) is 0. The number of aromatic nitrogens is 2. The zero-order chi connectivity index (χ0) is 19.6. The van der Waals surface area contributed by atoms with E-state index in [0.717, 1.165) is 0 Å². The molecule has 0 fully saturated rings. The molecule has 3 N–H and O–H groups in total. The van der Waals surface area contributed by atoms with Gasteiger partial charge >= 0.3 is 0 Å². The average molecular weight is 386 g/mol. The van der Waals surface area contributed by atoms with E-state index in [9.17, 15) is 9.90 Å². The predicted octanol–water partition coefficient (Wildman–Crippen LogP) is 3.89. The van der Waals surface area contributed by atoms with Crippen LogP contribution in [0.2, 0.25) is 5.02 Å². The highest BCUT2D eigenvalue weighted by atomic mass is 35.5. The van der Waals surface area contributed by atoms with Crippen molar-refractivity contribution in [3.63, 3.8) is 0 Å². The summed E-state index contributed by atoms with van der Waals surface area (Å²) < 4.78 is 5.68. The number of hydrogen-bond donors (Lipinski definition) is 3. The van der Waals surface area contributed by atoms with Crippen LogP contribution in [0.1, 0.15) is 16.2 Å². The van der Waals surface area contributed by atoms with E-state index in [4.69, 9.17) is 21.4 Å². The first-order valence-corrected chi connectivity index (χ1v) is 8.31. The van der Waals surface area contributed by atoms with Gasteiger partial charge in [-0.25, -0.2) is 9.97 Å². The lowest BCUT2D eigenvalue weighted by atomic mass is 10.1. The third-order valence-electron chi connectivity index (χ3n) is 3.66. The summed E-state index contributed by atoms with van der Waals surface area (Å²) in [6, 6.07) is 10.0. The quantitative estimate of drug-likeness (QED) is 0.575. The molecule has 3 aromatic rings. The number of aliphatic hydroxyl groups excluding tert-OH is 1. The van der Waals surface area contributed by atoms with E-state index in [2.05, 4.69) is 21.9 Å². The number of carbonyl (C=O) groups is 1. The molecule has 0 radical (unpaired) electrons. The van der Waals surface area contributed by atoms with Crippen molar-refractivity contribution in [1.82, 2.24) is 15.3 Å². The lowest BCUT2D eigenvalue weighted by Gasteiger charge is -2.11. The number of fused-ring (bicyclic) bond motifs is 1. The standard InChI is InChI=1S/C19H16ClN3O4/c1-10(24)9-21-19(26)17-18(25)14-6-7-15(23-16(14)11(2)22-17)27-13-5-3-4-12(20)8-13/h3-8,24-25H,1,9H2,2H3,(H,21,26). The van der Waals surface area contributed by atoms with Gasteiger partial charge in [-0.3, -0.25) is 4.79 Å². The van der Waals surface area contributed by atoms with Crippen LogP contribution in [-0.2, 0) is 0 Å². The number of aliphatic hydroxyl groups is 1. The van der Waals surface area contributed by atoms with E-state index in [0.29, 0.717) is 33.2 Å². The summed E-state index contributed by atoms with van der Waals surface area (Å²) in [4.78, 5) is 20.7. The van der Waals surface area contributed by atoms with Gasteiger partial charge < -0.3 is 20.3 Å². The van der Waals surface area contributed by atoms with Crippen molar-refractivity contribution in [1.29, 1.82) is 0 Å². The molecular formula is C19H16ClN3O4. The van der Waals surface area contributed by atoms with Crippen LogP contribution in [0.3, 0.4) is 0 Å². The number of carbonyl (C=O) groups excluding carboxylic acids is 1. The maximum Gasteiger partial charge on any atom is 0.274 e. The average Bonchev–Trinajstić information content (AvgIpc) is 2.62. The molecule has 1 amide bonds. The number of amides is 1. The number of nitrogens with one attached hydrogen (secondary N) is 1. The minimum atomic E-state index is -0.632. The summed E-state index contributed by atoms with van der Waals surface area (Å²) in [5.41, 5.74) is 0.675. The summed E-state index contributed by atoms with van der Waals surface area (Å²) in [5.74, 6) is -0.331. The van der Waals surface area contributed by atoms with Crippen LogP contribution in [0.25, 0.3) is 10.9 Å². The molecule has 1 aromatic carbocycles. The van der Waals surface area contributed by atoms with E-state index in [1.54, 1.807) is 43.3 Å². The third-order valence-corrected chi connectivity index (χ3v) is 3.89. The van der Waals surface area contributed by atoms with Crippen LogP contribution in [0.5, 0.6) is 17.4 Å². The lowest BCUT2D eigenvalue weighted by molar-refractivity contribution is 0.0944. The number of hydrogen-bond acceptors (Lipinski definition) is 6. The number of aromatic hydroxyl groups is 1. The van der Waals surface area contributed by atoms with Gasteiger partial charge in [0.2, 0.25) is 5.88 Å². The number of nitrogens with zero attached hydrogens (tertiary/aromatic N) is 2. The Kier molecular flexibility index (Phi) is 5.14. The van der Waals surface area contributed by atoms with Crippen molar-refractivity contribution in [3.8, 4) is 17.4 Å². The Morgan fingerprint density at radius 2 is 2.07 bits per heavy atom. The van der Waals surface area contributed by atoms with Gasteiger partial charge in [0.25, 0.3) is 5.91 Å². The first-order valence-electron chi connectivity index (χ1n) is 7.94. The second kappa shape index (κ2) is 7.51. The van der Waals surface area contributed by atoms with Crippen molar-refractivity contribution in [2.24, 2.45) is 0 Å². The molecule has 3 rings (SSSR count). The zero-order valence-electron chi connectivity index (χ0n) is 14.4. The van der Waals surface area contributed by atoms with E-state index in [-0.39, 0.29) is 23.7 Å². The van der Waals surface area contributed by atoms with Gasteiger partial charge in [0.05, 0.1) is 17.8 Å². The van der Waals surface area contributed by atoms with Gasteiger partial charge in [-0.15, -0.1) is 0 Å². The van der Waals surface area contributed by atoms with Gasteiger partial charge in [0, 0.05) is 16.5 Å². The van der Waals surface area contributed by atoms with Crippen molar-refractivity contribution in [3.05, 3.63) is 65.1 Å². The largest absolute Gasteiger partial charge is 0.511 e. The maximum absolute atomic E-state index is 12.2. The molecule has 0 aliphatic carbocycles. The van der Waals surface area contributed by atoms with Crippen LogP contribution in [0.15, 0.2) is 48.7 Å². The second-order valence-electron chi connectivity index (χ2n) is 5.75. The first-order chi connectivity index (χ1) is 12.8. The fraction of sp³-hybridized carbons (Fsp3) is 0.105. The summed E-state index contributed by atoms with van der Waals surface area (Å²) >= 11 is 5.94. The number of aryl methyl sites for hydroxylation is 1. The smallest absolute Gasteiger partial charge is 0.274 e. The molecule has 2 aromatic heterocycles. The van der Waals surface area contributed by atoms with Crippen molar-refractivity contribution in [2.75, 3.05) is 6.54 Å². The maximum atomic E-state index is 12.2. The SMILES string of the molecule is C=C(O)CNC(=O)c1nc(C)c2nc(Oc3cccc(Cl)c3)ccc2c1O. The second-order valence-corrected chi connectivity index (χ2v) is 6.18. The van der Waals surface area contributed by atoms with E-state index in [1.807, 2.05) is 0 Å². The summed E-state index contributed by atoms with van der Waals surface area (Å²) in [6.07, 6.45) is 0. The zero-order valence-corrected chi connectivity index (χ0v) is 15.1. The van der Waals surface area contributed by atoms with E-state index in [1.165, 1.54) is 0 Å². The highest BCUT2D eigenvalue weighted by Crippen LogP contribution is 2.31. The lowest BCUT2D eigenvalue weighted by Crippen LogP contribution is -2.26. The molecule has 138 valence electrons. The van der Waals surface area contributed by atoms with Crippen LogP contribution in [0, 0.1) is 6.92 Å². The third kappa shape index (κ3) is 4.09. The molecule has 0 spiro atoms. The Labute approximate surface area is 159 Å². The Morgan fingerprint density at radius 1 is 1.30 bits per heavy atom. The van der Waals surface area contributed by atoms with E-state index < -0.39 is 5.91 Å². The Balaban J connectivity index is 1.96. The first kappa shape index (κ1) is 18.5. The molecule has 0 unspecified atom stereocenters. The number of benzene rings is 1. The predicted molar refractivity (Wildman–Crippen MR) is 102 cm³/mol. The number of halogens is 1.